The summed E-state index contributed by atoms with van der Waals surface area (Å²) in [4.78, 5) is 25.9. The van der Waals surface area contributed by atoms with Crippen LogP contribution in [0.25, 0.3) is 0 Å². The van der Waals surface area contributed by atoms with Gasteiger partial charge in [0.05, 0.1) is 6.54 Å². The van der Waals surface area contributed by atoms with Crippen LogP contribution in [0.15, 0.2) is 48.5 Å². The Balaban J connectivity index is 1.65. The molecule has 0 aliphatic carbocycles. The molecular formula is C21H27N3O2. The maximum atomic E-state index is 12.0. The van der Waals surface area contributed by atoms with Crippen molar-refractivity contribution in [1.29, 1.82) is 0 Å². The second kappa shape index (κ2) is 9.61. The Labute approximate surface area is 155 Å². The third-order valence-electron chi connectivity index (χ3n) is 4.11. The van der Waals surface area contributed by atoms with Crippen molar-refractivity contribution in [3.63, 3.8) is 0 Å². The molecule has 0 atom stereocenters. The lowest BCUT2D eigenvalue weighted by atomic mass is 10.1. The lowest BCUT2D eigenvalue weighted by Crippen LogP contribution is -2.37. The summed E-state index contributed by atoms with van der Waals surface area (Å²) in [5.74, 6) is -0.404. The summed E-state index contributed by atoms with van der Waals surface area (Å²) < 4.78 is 0. The molecule has 2 rings (SSSR count). The van der Waals surface area contributed by atoms with Crippen molar-refractivity contribution in [1.82, 2.24) is 10.6 Å². The van der Waals surface area contributed by atoms with Gasteiger partial charge in [-0.15, -0.1) is 0 Å². The predicted molar refractivity (Wildman–Crippen MR) is 106 cm³/mol. The summed E-state index contributed by atoms with van der Waals surface area (Å²) in [6.45, 7) is 2.51. The molecule has 0 fully saturated rings. The van der Waals surface area contributed by atoms with Crippen molar-refractivity contribution in [2.75, 3.05) is 32.1 Å². The Kier molecular flexibility index (Phi) is 7.21. The largest absolute Gasteiger partial charge is 0.378 e. The Hall–Kier alpha value is -2.82. The van der Waals surface area contributed by atoms with E-state index in [9.17, 15) is 9.59 Å². The number of benzene rings is 2. The van der Waals surface area contributed by atoms with Crippen LogP contribution < -0.4 is 15.5 Å². The third-order valence-corrected chi connectivity index (χ3v) is 4.11. The van der Waals surface area contributed by atoms with Crippen molar-refractivity contribution in [3.05, 3.63) is 65.2 Å². The van der Waals surface area contributed by atoms with E-state index in [1.54, 1.807) is 12.1 Å². The van der Waals surface area contributed by atoms with E-state index in [0.29, 0.717) is 12.1 Å². The predicted octanol–water partition coefficient (Wildman–Crippen LogP) is 2.54. The fourth-order valence-corrected chi connectivity index (χ4v) is 2.59. The van der Waals surface area contributed by atoms with Crippen LogP contribution in [0, 0.1) is 6.92 Å². The highest BCUT2D eigenvalue weighted by atomic mass is 16.2. The van der Waals surface area contributed by atoms with Gasteiger partial charge < -0.3 is 15.5 Å². The molecule has 0 radical (unpaired) electrons. The summed E-state index contributed by atoms with van der Waals surface area (Å²) in [7, 11) is 4.03. The van der Waals surface area contributed by atoms with Gasteiger partial charge in [0.2, 0.25) is 5.91 Å². The molecule has 2 aromatic carbocycles. The topological polar surface area (TPSA) is 61.4 Å². The molecule has 2 aromatic rings. The first-order valence-electron chi connectivity index (χ1n) is 8.83. The molecule has 2 amide bonds. The van der Waals surface area contributed by atoms with E-state index in [0.717, 1.165) is 18.4 Å². The van der Waals surface area contributed by atoms with Crippen LogP contribution in [0.4, 0.5) is 5.69 Å². The number of nitrogens with zero attached hydrogens (tertiary/aromatic N) is 1. The number of anilines is 1. The highest BCUT2D eigenvalue weighted by molar-refractivity contribution is 5.96. The average Bonchev–Trinajstić information content (AvgIpc) is 2.63. The molecule has 26 heavy (non-hydrogen) atoms. The van der Waals surface area contributed by atoms with Crippen LogP contribution in [0.3, 0.4) is 0 Å². The van der Waals surface area contributed by atoms with Gasteiger partial charge in [0.25, 0.3) is 5.91 Å². The van der Waals surface area contributed by atoms with Gasteiger partial charge in [0, 0.05) is 31.9 Å². The SMILES string of the molecule is Cc1cccc(C(=O)NCC(=O)NCCCc2ccc(N(C)C)cc2)c1. The van der Waals surface area contributed by atoms with Gasteiger partial charge in [-0.3, -0.25) is 9.59 Å². The van der Waals surface area contributed by atoms with Crippen LogP contribution in [0.1, 0.15) is 27.9 Å². The van der Waals surface area contributed by atoms with E-state index in [-0.39, 0.29) is 18.4 Å². The number of carbonyl (C=O) groups is 2. The Morgan fingerprint density at radius 2 is 1.73 bits per heavy atom. The van der Waals surface area contributed by atoms with Gasteiger partial charge in [-0.2, -0.15) is 0 Å². The zero-order valence-corrected chi connectivity index (χ0v) is 15.7. The fourth-order valence-electron chi connectivity index (χ4n) is 2.59. The molecule has 138 valence electrons. The molecule has 0 bridgehead atoms. The summed E-state index contributed by atoms with van der Waals surface area (Å²) in [6, 6.07) is 15.7. The summed E-state index contributed by atoms with van der Waals surface area (Å²) >= 11 is 0. The number of hydrogen-bond donors (Lipinski definition) is 2. The number of carbonyl (C=O) groups excluding carboxylic acids is 2. The quantitative estimate of drug-likeness (QED) is 0.717. The Morgan fingerprint density at radius 1 is 1.00 bits per heavy atom. The Bertz CT molecular complexity index is 739. The first-order valence-corrected chi connectivity index (χ1v) is 8.83. The van der Waals surface area contributed by atoms with Crippen molar-refractivity contribution >= 4 is 17.5 Å². The van der Waals surface area contributed by atoms with Gasteiger partial charge in [-0.05, 0) is 49.6 Å². The standard InChI is InChI=1S/C21H27N3O2/c1-16-6-4-8-18(14-16)21(26)23-15-20(25)22-13-5-7-17-9-11-19(12-10-17)24(2)3/h4,6,8-12,14H,5,7,13,15H2,1-3H3,(H,22,25)(H,23,26). The maximum absolute atomic E-state index is 12.0. The monoisotopic (exact) mass is 353 g/mol. The molecule has 2 N–H and O–H groups in total. The minimum absolute atomic E-state index is 0.00962. The van der Waals surface area contributed by atoms with Crippen LogP contribution in [0.5, 0.6) is 0 Å². The van der Waals surface area contributed by atoms with Gasteiger partial charge >= 0.3 is 0 Å². The molecule has 0 aromatic heterocycles. The molecular weight excluding hydrogens is 326 g/mol. The number of hydrogen-bond acceptors (Lipinski definition) is 3. The molecule has 0 spiro atoms. The number of nitrogens with one attached hydrogen (secondary N) is 2. The highest BCUT2D eigenvalue weighted by Crippen LogP contribution is 2.13. The maximum Gasteiger partial charge on any atom is 0.251 e. The molecule has 0 saturated heterocycles. The van der Waals surface area contributed by atoms with Crippen LogP contribution >= 0.6 is 0 Å². The minimum atomic E-state index is -0.232. The molecule has 5 heteroatoms. The lowest BCUT2D eigenvalue weighted by Gasteiger charge is -2.12. The van der Waals surface area contributed by atoms with E-state index in [1.165, 1.54) is 11.3 Å². The number of rotatable bonds is 8. The molecule has 0 aliphatic rings. The zero-order chi connectivity index (χ0) is 18.9. The van der Waals surface area contributed by atoms with Crippen molar-refractivity contribution in [2.45, 2.75) is 19.8 Å². The fraction of sp³-hybridized carbons (Fsp3) is 0.333. The van der Waals surface area contributed by atoms with E-state index >= 15 is 0 Å². The average molecular weight is 353 g/mol. The van der Waals surface area contributed by atoms with E-state index in [2.05, 4.69) is 39.8 Å². The van der Waals surface area contributed by atoms with E-state index in [1.807, 2.05) is 33.2 Å². The Morgan fingerprint density at radius 3 is 2.38 bits per heavy atom. The molecule has 0 aliphatic heterocycles. The second-order valence-corrected chi connectivity index (χ2v) is 6.57. The second-order valence-electron chi connectivity index (χ2n) is 6.57. The normalized spacial score (nSPS) is 10.3. The minimum Gasteiger partial charge on any atom is -0.378 e. The van der Waals surface area contributed by atoms with Gasteiger partial charge in [0.15, 0.2) is 0 Å². The van der Waals surface area contributed by atoms with E-state index < -0.39 is 0 Å². The molecule has 0 heterocycles. The first kappa shape index (κ1) is 19.5. The number of amides is 2. The summed E-state index contributed by atoms with van der Waals surface area (Å²) in [5.41, 5.74) is 4.00. The van der Waals surface area contributed by atoms with E-state index in [4.69, 9.17) is 0 Å². The highest BCUT2D eigenvalue weighted by Gasteiger charge is 2.07. The molecule has 0 saturated carbocycles. The number of aryl methyl sites for hydroxylation is 2. The third kappa shape index (κ3) is 6.24. The van der Waals surface area contributed by atoms with Crippen LogP contribution in [-0.2, 0) is 11.2 Å². The smallest absolute Gasteiger partial charge is 0.251 e. The lowest BCUT2D eigenvalue weighted by molar-refractivity contribution is -0.120. The van der Waals surface area contributed by atoms with Crippen molar-refractivity contribution < 1.29 is 9.59 Å². The van der Waals surface area contributed by atoms with Crippen molar-refractivity contribution in [3.8, 4) is 0 Å². The van der Waals surface area contributed by atoms with Gasteiger partial charge in [-0.25, -0.2) is 0 Å². The first-order chi connectivity index (χ1) is 12.5. The van der Waals surface area contributed by atoms with Crippen LogP contribution in [0.2, 0.25) is 0 Å². The van der Waals surface area contributed by atoms with Crippen LogP contribution in [-0.4, -0.2) is 39.0 Å². The molecule has 5 nitrogen and oxygen atoms in total. The summed E-state index contributed by atoms with van der Waals surface area (Å²) in [6.07, 6.45) is 1.77. The van der Waals surface area contributed by atoms with Gasteiger partial charge in [0.1, 0.15) is 0 Å². The van der Waals surface area contributed by atoms with Crippen molar-refractivity contribution in [2.24, 2.45) is 0 Å². The molecule has 0 unspecified atom stereocenters. The zero-order valence-electron chi connectivity index (χ0n) is 15.7. The summed E-state index contributed by atoms with van der Waals surface area (Å²) in [5, 5.41) is 5.48. The van der Waals surface area contributed by atoms with Gasteiger partial charge in [-0.1, -0.05) is 29.8 Å².